The summed E-state index contributed by atoms with van der Waals surface area (Å²) in [5.41, 5.74) is -1.07. The van der Waals surface area contributed by atoms with Crippen LogP contribution in [0.1, 0.15) is 22.1 Å². The van der Waals surface area contributed by atoms with E-state index in [9.17, 15) is 32.3 Å². The SMILES string of the molecule is O=C(Cn1c2c(sc1=O)[C@H](c1ccco1)C1C(=O)N(c3ccc(Br)cc3)C(=O)C1S2)Nc1ccccc1C(F)(F)F. The first-order chi connectivity index (χ1) is 19.5. The van der Waals surface area contributed by atoms with Crippen molar-refractivity contribution < 1.29 is 32.0 Å². The zero-order valence-electron chi connectivity index (χ0n) is 20.6. The first-order valence-corrected chi connectivity index (χ1v) is 14.6. The highest BCUT2D eigenvalue weighted by Crippen LogP contribution is 2.54. The van der Waals surface area contributed by atoms with Crippen molar-refractivity contribution in [1.82, 2.24) is 4.57 Å². The van der Waals surface area contributed by atoms with Gasteiger partial charge < -0.3 is 9.73 Å². The van der Waals surface area contributed by atoms with Gasteiger partial charge in [-0.05, 0) is 48.5 Å². The van der Waals surface area contributed by atoms with Gasteiger partial charge in [-0.3, -0.25) is 23.7 Å². The van der Waals surface area contributed by atoms with Crippen molar-refractivity contribution in [2.45, 2.75) is 28.9 Å². The van der Waals surface area contributed by atoms with Crippen molar-refractivity contribution in [3.8, 4) is 0 Å². The van der Waals surface area contributed by atoms with Gasteiger partial charge >= 0.3 is 11.0 Å². The van der Waals surface area contributed by atoms with Gasteiger partial charge in [0, 0.05) is 4.47 Å². The summed E-state index contributed by atoms with van der Waals surface area (Å²) in [6, 6.07) is 14.5. The van der Waals surface area contributed by atoms with Gasteiger partial charge in [0.05, 0.1) is 44.9 Å². The van der Waals surface area contributed by atoms with E-state index in [1.807, 2.05) is 0 Å². The van der Waals surface area contributed by atoms with Crippen LogP contribution in [0, 0.1) is 5.92 Å². The monoisotopic (exact) mass is 663 g/mol. The molecule has 2 aliphatic rings. The summed E-state index contributed by atoms with van der Waals surface area (Å²) in [5.74, 6) is -3.08. The second-order valence-electron chi connectivity index (χ2n) is 9.26. The Morgan fingerprint density at radius 3 is 2.41 bits per heavy atom. The summed E-state index contributed by atoms with van der Waals surface area (Å²) < 4.78 is 47.8. The van der Waals surface area contributed by atoms with Crippen molar-refractivity contribution in [3.05, 3.63) is 97.3 Å². The molecule has 4 heterocycles. The maximum Gasteiger partial charge on any atom is 0.418 e. The number of fused-ring (bicyclic) bond motifs is 2. The number of anilines is 2. The van der Waals surface area contributed by atoms with E-state index in [2.05, 4.69) is 21.2 Å². The Morgan fingerprint density at radius 2 is 1.73 bits per heavy atom. The molecule has 2 unspecified atom stereocenters. The average Bonchev–Trinajstić information content (AvgIpc) is 3.62. The minimum Gasteiger partial charge on any atom is -0.469 e. The Kier molecular flexibility index (Phi) is 6.94. The smallest absolute Gasteiger partial charge is 0.418 e. The highest BCUT2D eigenvalue weighted by atomic mass is 79.9. The molecule has 1 saturated heterocycles. The second kappa shape index (κ2) is 10.3. The Balaban J connectivity index is 1.37. The molecule has 2 aliphatic heterocycles. The number of imide groups is 1. The molecule has 0 aliphatic carbocycles. The van der Waals surface area contributed by atoms with E-state index in [1.54, 1.807) is 36.4 Å². The number of hydrogen-bond donors (Lipinski definition) is 1. The van der Waals surface area contributed by atoms with Crippen molar-refractivity contribution in [1.29, 1.82) is 0 Å². The molecular weight excluding hydrogens is 647 g/mol. The van der Waals surface area contributed by atoms with E-state index in [0.717, 1.165) is 49.2 Å². The number of thiazole rings is 1. The van der Waals surface area contributed by atoms with Crippen LogP contribution in [-0.2, 0) is 27.1 Å². The molecule has 6 rings (SSSR count). The number of halogens is 4. The lowest BCUT2D eigenvalue weighted by Crippen LogP contribution is -2.32. The molecular formula is C27H17BrF3N3O5S2. The first kappa shape index (κ1) is 27.5. The zero-order valence-corrected chi connectivity index (χ0v) is 23.8. The molecule has 2 aromatic heterocycles. The quantitative estimate of drug-likeness (QED) is 0.274. The van der Waals surface area contributed by atoms with Gasteiger partial charge in [0.2, 0.25) is 17.7 Å². The predicted octanol–water partition coefficient (Wildman–Crippen LogP) is 5.72. The lowest BCUT2D eigenvalue weighted by molar-refractivity contribution is -0.137. The molecule has 14 heteroatoms. The van der Waals surface area contributed by atoms with Gasteiger partial charge in [-0.25, -0.2) is 4.90 Å². The number of carbonyl (C=O) groups is 3. The number of aromatic nitrogens is 1. The molecule has 0 spiro atoms. The number of amides is 3. The van der Waals surface area contributed by atoms with Gasteiger partial charge in [-0.1, -0.05) is 51.2 Å². The number of benzene rings is 2. The average molecular weight is 664 g/mol. The van der Waals surface area contributed by atoms with Crippen molar-refractivity contribution in [2.75, 3.05) is 10.2 Å². The maximum atomic E-state index is 13.7. The number of thioether (sulfide) groups is 1. The number of para-hydroxylation sites is 1. The van der Waals surface area contributed by atoms with Crippen molar-refractivity contribution >= 4 is 68.1 Å². The van der Waals surface area contributed by atoms with E-state index in [-0.39, 0.29) is 0 Å². The number of hydrogen-bond acceptors (Lipinski definition) is 7. The molecule has 4 aromatic rings. The molecule has 0 radical (unpaired) electrons. The first-order valence-electron chi connectivity index (χ1n) is 12.1. The molecule has 0 bridgehead atoms. The van der Waals surface area contributed by atoms with E-state index in [0.29, 0.717) is 21.4 Å². The van der Waals surface area contributed by atoms with Crippen LogP contribution in [-0.4, -0.2) is 27.5 Å². The van der Waals surface area contributed by atoms with Crippen LogP contribution in [0.5, 0.6) is 0 Å². The number of alkyl halides is 3. The summed E-state index contributed by atoms with van der Waals surface area (Å²) in [6.07, 6.45) is -3.27. The lowest BCUT2D eigenvalue weighted by atomic mass is 9.87. The Bertz CT molecular complexity index is 1730. The summed E-state index contributed by atoms with van der Waals surface area (Å²) in [4.78, 5) is 54.4. The molecule has 1 fully saturated rings. The van der Waals surface area contributed by atoms with Gasteiger partial charge in [0.1, 0.15) is 17.6 Å². The van der Waals surface area contributed by atoms with E-state index in [1.165, 1.54) is 18.4 Å². The Morgan fingerprint density at radius 1 is 1.00 bits per heavy atom. The van der Waals surface area contributed by atoms with Gasteiger partial charge in [0.15, 0.2) is 0 Å². The maximum absolute atomic E-state index is 13.7. The van der Waals surface area contributed by atoms with Crippen molar-refractivity contribution in [2.24, 2.45) is 5.92 Å². The molecule has 1 N–H and O–H groups in total. The van der Waals surface area contributed by atoms with E-state index in [4.69, 9.17) is 4.42 Å². The number of carbonyl (C=O) groups excluding carboxylic acids is 3. The van der Waals surface area contributed by atoms with Crippen LogP contribution >= 0.6 is 39.0 Å². The fourth-order valence-corrected chi connectivity index (χ4v) is 8.07. The number of rotatable bonds is 5. The predicted molar refractivity (Wildman–Crippen MR) is 149 cm³/mol. The van der Waals surface area contributed by atoms with Crippen LogP contribution in [0.2, 0.25) is 0 Å². The summed E-state index contributed by atoms with van der Waals surface area (Å²) in [7, 11) is 0. The molecule has 3 amide bonds. The minimum absolute atomic E-state index is 0.292. The number of furan rings is 1. The van der Waals surface area contributed by atoms with Gasteiger partial charge in [-0.15, -0.1) is 0 Å². The summed E-state index contributed by atoms with van der Waals surface area (Å²) in [5, 5.41) is 1.61. The molecule has 0 saturated carbocycles. The minimum atomic E-state index is -4.69. The Hall–Kier alpha value is -3.62. The third kappa shape index (κ3) is 4.83. The van der Waals surface area contributed by atoms with Gasteiger partial charge in [0.25, 0.3) is 0 Å². The highest BCUT2D eigenvalue weighted by molar-refractivity contribution is 9.10. The lowest BCUT2D eigenvalue weighted by Gasteiger charge is -2.29. The molecule has 41 heavy (non-hydrogen) atoms. The largest absolute Gasteiger partial charge is 0.469 e. The number of nitrogens with one attached hydrogen (secondary N) is 1. The van der Waals surface area contributed by atoms with E-state index >= 15 is 0 Å². The molecule has 8 nitrogen and oxygen atoms in total. The Labute approximate surface area is 246 Å². The van der Waals surface area contributed by atoms with Crippen LogP contribution in [0.3, 0.4) is 0 Å². The fraction of sp³-hybridized carbons (Fsp3) is 0.185. The van der Waals surface area contributed by atoms with Crippen LogP contribution < -0.4 is 15.1 Å². The normalized spacial score (nSPS) is 20.2. The van der Waals surface area contributed by atoms with Crippen LogP contribution in [0.4, 0.5) is 24.5 Å². The number of nitrogens with zero attached hydrogens (tertiary/aromatic N) is 2. The molecule has 2 aromatic carbocycles. The topological polar surface area (TPSA) is 102 Å². The molecule has 3 atom stereocenters. The van der Waals surface area contributed by atoms with Crippen LogP contribution in [0.25, 0.3) is 0 Å². The zero-order chi connectivity index (χ0) is 29.1. The second-order valence-corrected chi connectivity index (χ2v) is 12.3. The van der Waals surface area contributed by atoms with Crippen molar-refractivity contribution in [3.63, 3.8) is 0 Å². The molecule has 210 valence electrons. The standard InChI is InChI=1S/C27H17BrF3N3O5S2/c28-13-7-9-14(10-8-13)34-23(36)20-19(17-6-3-11-39-17)22-25(40-21(20)24(34)37)33(26(38)41-22)12-18(35)32-16-5-2-1-4-15(16)27(29,30)31/h1-11,19-21H,12H2,(H,32,35)/t19-,20?,21?/m1/s1. The van der Waals surface area contributed by atoms with E-state index < -0.39 is 63.7 Å². The highest BCUT2D eigenvalue weighted by Gasteiger charge is 2.57. The van der Waals surface area contributed by atoms with Crippen LogP contribution in [0.15, 0.2) is 85.6 Å². The summed E-state index contributed by atoms with van der Waals surface area (Å²) in [6.45, 7) is -0.593. The third-order valence-corrected chi connectivity index (χ3v) is 9.92. The fourth-order valence-electron chi connectivity index (χ4n) is 5.05. The third-order valence-electron chi connectivity index (χ3n) is 6.79. The summed E-state index contributed by atoms with van der Waals surface area (Å²) >= 11 is 5.14. The van der Waals surface area contributed by atoms with Gasteiger partial charge in [-0.2, -0.15) is 13.2 Å².